The Morgan fingerprint density at radius 1 is 1.27 bits per heavy atom. The molecule has 1 fully saturated rings. The molecule has 1 aliphatic rings. The second-order valence-corrected chi connectivity index (χ2v) is 10.4. The number of nitrogens with one attached hydrogen (secondary N) is 1. The number of hydrogen-bond donors (Lipinski definition) is 2. The first-order chi connectivity index (χ1) is 15.8. The smallest absolute Gasteiger partial charge is 0.250 e. The second kappa shape index (κ2) is 9.25. The fourth-order valence-corrected chi connectivity index (χ4v) is 5.50. The van der Waals surface area contributed by atoms with Crippen LogP contribution in [0.1, 0.15) is 52.7 Å². The van der Waals surface area contributed by atoms with Gasteiger partial charge in [-0.25, -0.2) is 12.7 Å². The molecule has 0 aliphatic carbocycles. The zero-order chi connectivity index (χ0) is 23.6. The maximum Gasteiger partial charge on any atom is 0.250 e. The van der Waals surface area contributed by atoms with Gasteiger partial charge in [-0.3, -0.25) is 4.79 Å². The fraction of sp³-hybridized carbons (Fsp3) is 0.333. The first-order valence-corrected chi connectivity index (χ1v) is 12.5. The number of primary amides is 1. The van der Waals surface area contributed by atoms with Gasteiger partial charge in [0.05, 0.1) is 28.5 Å². The highest BCUT2D eigenvalue weighted by atomic mass is 32.2. The predicted molar refractivity (Wildman–Crippen MR) is 125 cm³/mol. The first kappa shape index (κ1) is 22.8. The van der Waals surface area contributed by atoms with Gasteiger partial charge in [0.2, 0.25) is 10.0 Å². The molecule has 3 aromatic rings. The Kier molecular flexibility index (Phi) is 6.40. The number of nitrogens with zero attached hydrogens (tertiary/aromatic N) is 2. The molecular weight excluding hydrogens is 440 g/mol. The predicted octanol–water partition coefficient (Wildman–Crippen LogP) is 3.25. The van der Waals surface area contributed by atoms with E-state index < -0.39 is 15.9 Å². The summed E-state index contributed by atoms with van der Waals surface area (Å²) in [6, 6.07) is 12.8. The Labute approximate surface area is 193 Å². The van der Waals surface area contributed by atoms with Crippen LogP contribution in [0.5, 0.6) is 5.75 Å². The van der Waals surface area contributed by atoms with Gasteiger partial charge < -0.3 is 15.5 Å². The molecule has 3 N–H and O–H groups in total. The Balaban J connectivity index is 1.61. The number of benzene rings is 2. The molecule has 0 radical (unpaired) electrons. The number of hydrogen-bond acceptors (Lipinski definition) is 5. The molecule has 0 bridgehead atoms. The van der Waals surface area contributed by atoms with E-state index >= 15 is 0 Å². The minimum atomic E-state index is -3.20. The van der Waals surface area contributed by atoms with E-state index in [0.29, 0.717) is 48.3 Å². The molecular formula is C24H26N4O4S. The number of piperidine rings is 1. The van der Waals surface area contributed by atoms with Gasteiger partial charge in [-0.1, -0.05) is 12.1 Å². The van der Waals surface area contributed by atoms with Gasteiger partial charge in [-0.15, -0.1) is 0 Å². The molecule has 1 saturated heterocycles. The van der Waals surface area contributed by atoms with Crippen LogP contribution < -0.4 is 10.5 Å². The number of nitriles is 1. The zero-order valence-corrected chi connectivity index (χ0v) is 19.2. The van der Waals surface area contributed by atoms with Crippen molar-refractivity contribution in [1.29, 1.82) is 5.26 Å². The summed E-state index contributed by atoms with van der Waals surface area (Å²) in [6.07, 6.45) is 3.28. The summed E-state index contributed by atoms with van der Waals surface area (Å²) >= 11 is 0. The summed E-state index contributed by atoms with van der Waals surface area (Å²) in [5.74, 6) is 0.204. The second-order valence-electron chi connectivity index (χ2n) is 8.18. The number of carbonyl (C=O) groups is 1. The molecule has 0 atom stereocenters. The van der Waals surface area contributed by atoms with E-state index in [2.05, 4.69) is 11.1 Å². The van der Waals surface area contributed by atoms with Crippen LogP contribution >= 0.6 is 0 Å². The van der Waals surface area contributed by atoms with Crippen LogP contribution in [0.2, 0.25) is 0 Å². The molecule has 9 heteroatoms. The first-order valence-electron chi connectivity index (χ1n) is 10.9. The standard InChI is InChI=1S/C24H26N4O4S/c1-2-33(30,31)28-8-6-18(7-9-28)22-14-27-23-20(22)11-19(12-21(23)24(26)29)32-15-17-5-3-4-16(10-17)13-25/h3-5,10-12,14,18,27H,2,6-9,15H2,1H3,(H2,26,29). The number of sulfonamides is 1. The van der Waals surface area contributed by atoms with Crippen LogP contribution in [0.25, 0.3) is 10.9 Å². The number of ether oxygens (including phenoxy) is 1. The topological polar surface area (TPSA) is 129 Å². The molecule has 2 heterocycles. The molecule has 172 valence electrons. The van der Waals surface area contributed by atoms with Gasteiger partial charge >= 0.3 is 0 Å². The number of aromatic amines is 1. The highest BCUT2D eigenvalue weighted by Crippen LogP contribution is 2.37. The molecule has 33 heavy (non-hydrogen) atoms. The largest absolute Gasteiger partial charge is 0.489 e. The van der Waals surface area contributed by atoms with E-state index in [1.165, 1.54) is 0 Å². The summed E-state index contributed by atoms with van der Waals surface area (Å²) in [4.78, 5) is 15.3. The quantitative estimate of drug-likeness (QED) is 0.552. The van der Waals surface area contributed by atoms with Gasteiger partial charge in [0.1, 0.15) is 12.4 Å². The van der Waals surface area contributed by atoms with Crippen molar-refractivity contribution in [2.75, 3.05) is 18.8 Å². The number of carbonyl (C=O) groups excluding carboxylic acids is 1. The number of rotatable bonds is 7. The van der Waals surface area contributed by atoms with E-state index in [1.54, 1.807) is 35.5 Å². The molecule has 1 amide bonds. The lowest BCUT2D eigenvalue weighted by Crippen LogP contribution is -2.38. The summed E-state index contributed by atoms with van der Waals surface area (Å²) < 4.78 is 31.9. The summed E-state index contributed by atoms with van der Waals surface area (Å²) in [5.41, 5.74) is 9.05. The van der Waals surface area contributed by atoms with Crippen LogP contribution in [0.4, 0.5) is 0 Å². The van der Waals surface area contributed by atoms with Gasteiger partial charge in [-0.05, 0) is 61.1 Å². The monoisotopic (exact) mass is 466 g/mol. The van der Waals surface area contributed by atoms with Crippen molar-refractivity contribution < 1.29 is 17.9 Å². The van der Waals surface area contributed by atoms with Crippen molar-refractivity contribution in [2.24, 2.45) is 5.73 Å². The van der Waals surface area contributed by atoms with Crippen LogP contribution in [0.15, 0.2) is 42.6 Å². The number of fused-ring (bicyclic) bond motifs is 1. The number of nitrogens with two attached hydrogens (primary N) is 1. The zero-order valence-electron chi connectivity index (χ0n) is 18.4. The highest BCUT2D eigenvalue weighted by Gasteiger charge is 2.29. The molecule has 2 aromatic carbocycles. The normalized spacial score (nSPS) is 15.4. The summed E-state index contributed by atoms with van der Waals surface area (Å²) in [5, 5.41) is 9.94. The third kappa shape index (κ3) is 4.72. The van der Waals surface area contributed by atoms with E-state index in [4.69, 9.17) is 15.7 Å². The minimum absolute atomic E-state index is 0.102. The Morgan fingerprint density at radius 3 is 2.70 bits per heavy atom. The van der Waals surface area contributed by atoms with Crippen LogP contribution in [0, 0.1) is 11.3 Å². The van der Waals surface area contributed by atoms with Crippen molar-refractivity contribution in [3.8, 4) is 11.8 Å². The molecule has 1 aliphatic heterocycles. The Bertz CT molecular complexity index is 1330. The van der Waals surface area contributed by atoms with Crippen molar-refractivity contribution in [2.45, 2.75) is 32.3 Å². The van der Waals surface area contributed by atoms with E-state index in [1.807, 2.05) is 18.3 Å². The highest BCUT2D eigenvalue weighted by molar-refractivity contribution is 7.89. The molecule has 4 rings (SSSR count). The average Bonchev–Trinajstić information content (AvgIpc) is 3.26. The summed E-state index contributed by atoms with van der Waals surface area (Å²) in [6.45, 7) is 2.85. The molecule has 0 saturated carbocycles. The maximum absolute atomic E-state index is 12.2. The van der Waals surface area contributed by atoms with Gasteiger partial charge in [0.15, 0.2) is 0 Å². The maximum atomic E-state index is 12.2. The van der Waals surface area contributed by atoms with Crippen LogP contribution in [0.3, 0.4) is 0 Å². The molecule has 1 aromatic heterocycles. The summed E-state index contributed by atoms with van der Waals surface area (Å²) in [7, 11) is -3.20. The lowest BCUT2D eigenvalue weighted by atomic mass is 9.89. The van der Waals surface area contributed by atoms with Gasteiger partial charge in [-0.2, -0.15) is 5.26 Å². The number of aromatic nitrogens is 1. The van der Waals surface area contributed by atoms with Crippen LogP contribution in [-0.4, -0.2) is 42.5 Å². The van der Waals surface area contributed by atoms with Gasteiger partial charge in [0.25, 0.3) is 5.91 Å². The van der Waals surface area contributed by atoms with Crippen molar-refractivity contribution in [3.63, 3.8) is 0 Å². The Morgan fingerprint density at radius 2 is 2.03 bits per heavy atom. The third-order valence-corrected chi connectivity index (χ3v) is 8.06. The minimum Gasteiger partial charge on any atom is -0.489 e. The van der Waals surface area contributed by atoms with E-state index in [0.717, 1.165) is 16.5 Å². The molecule has 0 spiro atoms. The molecule has 0 unspecified atom stereocenters. The molecule has 8 nitrogen and oxygen atoms in total. The van der Waals surface area contributed by atoms with E-state index in [9.17, 15) is 13.2 Å². The van der Waals surface area contributed by atoms with Gasteiger partial charge in [0, 0.05) is 24.7 Å². The lowest BCUT2D eigenvalue weighted by molar-refractivity contribution is 0.100. The number of amides is 1. The fourth-order valence-electron chi connectivity index (χ4n) is 4.37. The Hall–Kier alpha value is -3.35. The van der Waals surface area contributed by atoms with E-state index in [-0.39, 0.29) is 18.3 Å². The van der Waals surface area contributed by atoms with Crippen molar-refractivity contribution in [3.05, 3.63) is 64.8 Å². The van der Waals surface area contributed by atoms with Crippen LogP contribution in [-0.2, 0) is 16.6 Å². The SMILES string of the molecule is CCS(=O)(=O)N1CCC(c2c[nH]c3c(C(N)=O)cc(OCc4cccc(C#N)c4)cc23)CC1. The number of H-pyrrole nitrogens is 1. The van der Waals surface area contributed by atoms with Crippen molar-refractivity contribution >= 4 is 26.8 Å². The van der Waals surface area contributed by atoms with Crippen molar-refractivity contribution in [1.82, 2.24) is 9.29 Å². The average molecular weight is 467 g/mol. The lowest BCUT2D eigenvalue weighted by Gasteiger charge is -2.31. The third-order valence-electron chi connectivity index (χ3n) is 6.17.